The minimum atomic E-state index is -4.59. The molecule has 0 fully saturated rings. The lowest BCUT2D eigenvalue weighted by molar-refractivity contribution is -0.137. The minimum Gasteiger partial charge on any atom is -0.310 e. The third-order valence-corrected chi connectivity index (χ3v) is 6.71. The van der Waals surface area contributed by atoms with Gasteiger partial charge in [0.1, 0.15) is 16.1 Å². The highest BCUT2D eigenvalue weighted by Crippen LogP contribution is 2.35. The lowest BCUT2D eigenvalue weighted by Crippen LogP contribution is -2.09. The van der Waals surface area contributed by atoms with Crippen LogP contribution in [0, 0.1) is 11.3 Å². The van der Waals surface area contributed by atoms with Crippen molar-refractivity contribution in [3.63, 3.8) is 0 Å². The third kappa shape index (κ3) is 3.38. The second kappa shape index (κ2) is 7.02. The molecule has 3 aromatic heterocycles. The van der Waals surface area contributed by atoms with Gasteiger partial charge in [0.15, 0.2) is 21.3 Å². The van der Waals surface area contributed by atoms with Crippen molar-refractivity contribution in [1.29, 1.82) is 5.26 Å². The SMILES string of the molecule is CCS(=O)(=O)c1c(-c2nc3cc(C(F)(F)F)cnc3n2C)ncc2cc(C#N)ccc12. The number of fused-ring (bicyclic) bond motifs is 2. The molecule has 158 valence electrons. The lowest BCUT2D eigenvalue weighted by Gasteiger charge is -2.12. The highest BCUT2D eigenvalue weighted by atomic mass is 32.2. The van der Waals surface area contributed by atoms with E-state index in [1.54, 1.807) is 0 Å². The standard InChI is InChI=1S/C20H14F3N5O2S/c1-3-31(29,30)17-14-5-4-11(8-24)6-12(14)9-25-16(17)19-27-15-7-13(20(21,22)23)10-26-18(15)28(19)2/h4-7,9-10H,3H2,1-2H3. The molecule has 3 heterocycles. The molecule has 0 aliphatic carbocycles. The second-order valence-electron chi connectivity index (χ2n) is 6.81. The number of nitrogens with zero attached hydrogens (tertiary/aromatic N) is 5. The summed E-state index contributed by atoms with van der Waals surface area (Å²) in [5.74, 6) is -0.151. The first-order valence-electron chi connectivity index (χ1n) is 9.02. The van der Waals surface area contributed by atoms with Crippen LogP contribution in [0.1, 0.15) is 18.1 Å². The van der Waals surface area contributed by atoms with Crippen LogP contribution in [0.2, 0.25) is 0 Å². The Hall–Kier alpha value is -3.52. The molecule has 0 aliphatic heterocycles. The van der Waals surface area contributed by atoms with Gasteiger partial charge in [-0.3, -0.25) is 4.98 Å². The largest absolute Gasteiger partial charge is 0.417 e. The van der Waals surface area contributed by atoms with Crippen LogP contribution < -0.4 is 0 Å². The number of pyridine rings is 2. The lowest BCUT2D eigenvalue weighted by atomic mass is 10.1. The zero-order chi connectivity index (χ0) is 22.6. The van der Waals surface area contributed by atoms with E-state index in [1.165, 1.54) is 42.9 Å². The zero-order valence-electron chi connectivity index (χ0n) is 16.3. The summed E-state index contributed by atoms with van der Waals surface area (Å²) in [5.41, 5.74) is -0.485. The van der Waals surface area contributed by atoms with Crippen molar-refractivity contribution < 1.29 is 21.6 Å². The number of aromatic nitrogens is 4. The van der Waals surface area contributed by atoms with Gasteiger partial charge in [0.25, 0.3) is 0 Å². The van der Waals surface area contributed by atoms with Gasteiger partial charge in [-0.1, -0.05) is 13.0 Å². The summed E-state index contributed by atoms with van der Waals surface area (Å²) >= 11 is 0. The summed E-state index contributed by atoms with van der Waals surface area (Å²) in [5, 5.41) is 9.91. The Balaban J connectivity index is 2.06. The second-order valence-corrected chi connectivity index (χ2v) is 9.03. The van der Waals surface area contributed by atoms with E-state index < -0.39 is 21.6 Å². The molecule has 31 heavy (non-hydrogen) atoms. The number of benzene rings is 1. The fourth-order valence-electron chi connectivity index (χ4n) is 3.33. The molecular formula is C20H14F3N5O2S. The average Bonchev–Trinajstić information content (AvgIpc) is 3.07. The van der Waals surface area contributed by atoms with E-state index in [0.717, 1.165) is 6.07 Å². The number of imidazole rings is 1. The van der Waals surface area contributed by atoms with Crippen LogP contribution in [0.4, 0.5) is 13.2 Å². The Morgan fingerprint density at radius 2 is 1.90 bits per heavy atom. The van der Waals surface area contributed by atoms with Crippen molar-refractivity contribution in [3.8, 4) is 17.6 Å². The molecular weight excluding hydrogens is 431 g/mol. The maximum atomic E-state index is 13.1. The van der Waals surface area contributed by atoms with E-state index in [9.17, 15) is 21.6 Å². The third-order valence-electron chi connectivity index (χ3n) is 4.91. The highest BCUT2D eigenvalue weighted by Gasteiger charge is 2.32. The molecule has 0 bridgehead atoms. The van der Waals surface area contributed by atoms with Gasteiger partial charge in [-0.2, -0.15) is 18.4 Å². The van der Waals surface area contributed by atoms with Crippen molar-refractivity contribution in [2.45, 2.75) is 18.0 Å². The summed E-state index contributed by atoms with van der Waals surface area (Å²) in [6.45, 7) is 1.48. The van der Waals surface area contributed by atoms with Gasteiger partial charge in [-0.15, -0.1) is 0 Å². The molecule has 1 aromatic carbocycles. The number of sulfone groups is 1. The van der Waals surface area contributed by atoms with Gasteiger partial charge in [0.2, 0.25) is 0 Å². The van der Waals surface area contributed by atoms with Crippen LogP contribution in [0.25, 0.3) is 33.5 Å². The molecule has 4 rings (SSSR count). The van der Waals surface area contributed by atoms with Crippen molar-refractivity contribution in [1.82, 2.24) is 19.5 Å². The smallest absolute Gasteiger partial charge is 0.310 e. The topological polar surface area (TPSA) is 102 Å². The fraction of sp³-hybridized carbons (Fsp3) is 0.200. The average molecular weight is 445 g/mol. The maximum absolute atomic E-state index is 13.1. The number of alkyl halides is 3. The van der Waals surface area contributed by atoms with Crippen molar-refractivity contribution in [2.75, 3.05) is 5.75 Å². The molecule has 0 spiro atoms. The monoisotopic (exact) mass is 445 g/mol. The predicted molar refractivity (Wildman–Crippen MR) is 107 cm³/mol. The molecule has 0 saturated carbocycles. The summed E-state index contributed by atoms with van der Waals surface area (Å²) in [7, 11) is -2.28. The van der Waals surface area contributed by atoms with Gasteiger partial charge in [-0.05, 0) is 18.2 Å². The number of rotatable bonds is 3. The van der Waals surface area contributed by atoms with Gasteiger partial charge in [0.05, 0.1) is 22.9 Å². The predicted octanol–water partition coefficient (Wildman–Crippen LogP) is 3.87. The van der Waals surface area contributed by atoms with E-state index >= 15 is 0 Å². The molecule has 11 heteroatoms. The first-order valence-corrected chi connectivity index (χ1v) is 10.7. The minimum absolute atomic E-state index is 0.00752. The fourth-order valence-corrected chi connectivity index (χ4v) is 4.58. The maximum Gasteiger partial charge on any atom is 0.417 e. The van der Waals surface area contributed by atoms with Crippen LogP contribution in [0.3, 0.4) is 0 Å². The molecule has 0 atom stereocenters. The molecule has 7 nitrogen and oxygen atoms in total. The number of hydrogen-bond acceptors (Lipinski definition) is 6. The number of halogens is 3. The summed E-state index contributed by atoms with van der Waals surface area (Å²) in [6.07, 6.45) is -2.47. The Morgan fingerprint density at radius 3 is 2.55 bits per heavy atom. The van der Waals surface area contributed by atoms with Crippen molar-refractivity contribution in [2.24, 2.45) is 7.05 Å². The Kier molecular flexibility index (Phi) is 4.70. The molecule has 0 saturated heterocycles. The van der Waals surface area contributed by atoms with E-state index in [1.807, 2.05) is 6.07 Å². The summed E-state index contributed by atoms with van der Waals surface area (Å²) in [6, 6.07) is 7.38. The van der Waals surface area contributed by atoms with E-state index in [-0.39, 0.29) is 33.3 Å². The van der Waals surface area contributed by atoms with Crippen molar-refractivity contribution >= 4 is 31.8 Å². The van der Waals surface area contributed by atoms with Crippen LogP contribution >= 0.6 is 0 Å². The first-order chi connectivity index (χ1) is 14.6. The van der Waals surface area contributed by atoms with Crippen LogP contribution in [-0.4, -0.2) is 33.7 Å². The van der Waals surface area contributed by atoms with Gasteiger partial charge in [-0.25, -0.2) is 18.4 Å². The number of nitriles is 1. The van der Waals surface area contributed by atoms with E-state index in [0.29, 0.717) is 22.5 Å². The number of aryl methyl sites for hydroxylation is 1. The number of hydrogen-bond donors (Lipinski definition) is 0. The molecule has 4 aromatic rings. The van der Waals surface area contributed by atoms with Gasteiger partial charge in [0, 0.05) is 30.2 Å². The molecule has 0 unspecified atom stereocenters. The molecule has 0 amide bonds. The first kappa shape index (κ1) is 20.7. The molecule has 0 radical (unpaired) electrons. The van der Waals surface area contributed by atoms with Crippen LogP contribution in [0.15, 0.2) is 41.6 Å². The van der Waals surface area contributed by atoms with Gasteiger partial charge < -0.3 is 4.57 Å². The van der Waals surface area contributed by atoms with Crippen LogP contribution in [0.5, 0.6) is 0 Å². The summed E-state index contributed by atoms with van der Waals surface area (Å²) < 4.78 is 66.5. The Labute approximate surface area is 174 Å². The summed E-state index contributed by atoms with van der Waals surface area (Å²) in [4.78, 5) is 12.3. The normalized spacial score (nSPS) is 12.4. The Bertz CT molecular complexity index is 1500. The van der Waals surface area contributed by atoms with Crippen LogP contribution in [-0.2, 0) is 23.1 Å². The van der Waals surface area contributed by atoms with Gasteiger partial charge >= 0.3 is 6.18 Å². The van der Waals surface area contributed by atoms with Crippen molar-refractivity contribution in [3.05, 3.63) is 47.8 Å². The quantitative estimate of drug-likeness (QED) is 0.475. The van der Waals surface area contributed by atoms with E-state index in [4.69, 9.17) is 5.26 Å². The molecule has 0 aliphatic rings. The highest BCUT2D eigenvalue weighted by molar-refractivity contribution is 7.91. The molecule has 0 N–H and O–H groups in total. The van der Waals surface area contributed by atoms with E-state index in [2.05, 4.69) is 15.0 Å². The zero-order valence-corrected chi connectivity index (χ0v) is 17.1. The Morgan fingerprint density at radius 1 is 1.16 bits per heavy atom.